The first kappa shape index (κ1) is 6.55. The number of rotatable bonds is 1. The lowest BCUT2D eigenvalue weighted by Gasteiger charge is -2.09. The van der Waals surface area contributed by atoms with Crippen LogP contribution in [0, 0.1) is 5.92 Å². The number of amidine groups is 1. The Kier molecular flexibility index (Phi) is 1.71. The van der Waals surface area contributed by atoms with Crippen LogP contribution in [0.3, 0.4) is 0 Å². The minimum absolute atomic E-state index is 0.269. The Balaban J connectivity index is 2.47. The molecule has 0 radical (unpaired) electrons. The first-order valence-electron chi connectivity index (χ1n) is 3.26. The van der Waals surface area contributed by atoms with Gasteiger partial charge in [0.1, 0.15) is 12.0 Å². The summed E-state index contributed by atoms with van der Waals surface area (Å²) in [5, 5.41) is 0. The summed E-state index contributed by atoms with van der Waals surface area (Å²) in [5.74, 6) is 1.55. The normalized spacial score (nSPS) is 26.2. The molecule has 1 unspecified atom stereocenters. The zero-order valence-electron chi connectivity index (χ0n) is 6.10. The number of hydrogen-bond acceptors (Lipinski definition) is 3. The second-order valence-electron chi connectivity index (χ2n) is 2.67. The van der Waals surface area contributed by atoms with Crippen molar-refractivity contribution in [3.8, 4) is 0 Å². The molecule has 0 aromatic heterocycles. The fourth-order valence-electron chi connectivity index (χ4n) is 0.767. The molecule has 1 aliphatic heterocycles. The van der Waals surface area contributed by atoms with Crippen LogP contribution in [-0.2, 0) is 0 Å². The summed E-state index contributed by atoms with van der Waals surface area (Å²) in [6.07, 6.45) is 0.269. The van der Waals surface area contributed by atoms with Crippen LogP contribution in [0.25, 0.3) is 0 Å². The van der Waals surface area contributed by atoms with Crippen molar-refractivity contribution in [2.75, 3.05) is 0 Å². The summed E-state index contributed by atoms with van der Waals surface area (Å²) in [7, 11) is 0. The van der Waals surface area contributed by atoms with Crippen molar-refractivity contribution in [1.82, 2.24) is 10.9 Å². The molecule has 1 rings (SSSR count). The average Bonchev–Trinajstić information content (AvgIpc) is 2.14. The highest BCUT2D eigenvalue weighted by Gasteiger charge is 2.15. The van der Waals surface area contributed by atoms with Gasteiger partial charge >= 0.3 is 0 Å². The van der Waals surface area contributed by atoms with Crippen molar-refractivity contribution in [3.63, 3.8) is 0 Å². The van der Waals surface area contributed by atoms with Gasteiger partial charge in [0.15, 0.2) is 0 Å². The Morgan fingerprint density at radius 1 is 1.56 bits per heavy atom. The topological polar surface area (TPSA) is 36.4 Å². The Morgan fingerprint density at radius 2 is 2.22 bits per heavy atom. The molecule has 1 aliphatic rings. The Bertz CT molecular complexity index is 128. The summed E-state index contributed by atoms with van der Waals surface area (Å²) in [4.78, 5) is 4.28. The molecule has 0 fully saturated rings. The van der Waals surface area contributed by atoms with Crippen LogP contribution in [0.15, 0.2) is 4.99 Å². The molecule has 1 atom stereocenters. The van der Waals surface area contributed by atoms with Gasteiger partial charge in [-0.3, -0.25) is 4.99 Å². The predicted octanol–water partition coefficient (Wildman–Crippen LogP) is 0.495. The van der Waals surface area contributed by atoms with Crippen LogP contribution in [0.5, 0.6) is 0 Å². The maximum absolute atomic E-state index is 4.28. The molecule has 0 saturated carbocycles. The van der Waals surface area contributed by atoms with E-state index in [1.165, 1.54) is 0 Å². The fraction of sp³-hybridized carbons (Fsp3) is 0.833. The minimum atomic E-state index is 0.269. The third kappa shape index (κ3) is 1.42. The van der Waals surface area contributed by atoms with Crippen LogP contribution in [0.4, 0.5) is 0 Å². The molecule has 0 amide bonds. The van der Waals surface area contributed by atoms with Crippen molar-refractivity contribution < 1.29 is 0 Å². The Morgan fingerprint density at radius 3 is 2.44 bits per heavy atom. The van der Waals surface area contributed by atoms with Crippen molar-refractivity contribution in [2.45, 2.75) is 26.9 Å². The molecule has 0 aromatic rings. The molecule has 9 heavy (non-hydrogen) atoms. The molecule has 1 heterocycles. The molecular weight excluding hydrogens is 114 g/mol. The highest BCUT2D eigenvalue weighted by molar-refractivity contribution is 5.80. The van der Waals surface area contributed by atoms with E-state index < -0.39 is 0 Å². The minimum Gasteiger partial charge on any atom is -0.308 e. The van der Waals surface area contributed by atoms with Crippen LogP contribution >= 0.6 is 0 Å². The van der Waals surface area contributed by atoms with E-state index in [-0.39, 0.29) is 6.17 Å². The quantitative estimate of drug-likeness (QED) is 0.538. The first-order chi connectivity index (χ1) is 4.20. The lowest BCUT2D eigenvalue weighted by atomic mass is 10.2. The zero-order chi connectivity index (χ0) is 6.85. The van der Waals surface area contributed by atoms with Gasteiger partial charge in [-0.15, -0.1) is 0 Å². The lowest BCUT2D eigenvalue weighted by Crippen LogP contribution is -2.36. The van der Waals surface area contributed by atoms with E-state index in [1.807, 2.05) is 6.92 Å². The smallest absolute Gasteiger partial charge is 0.120 e. The van der Waals surface area contributed by atoms with Gasteiger partial charge in [-0.1, -0.05) is 13.8 Å². The van der Waals surface area contributed by atoms with Crippen molar-refractivity contribution in [2.24, 2.45) is 10.9 Å². The third-order valence-electron chi connectivity index (χ3n) is 1.37. The van der Waals surface area contributed by atoms with Gasteiger partial charge in [-0.2, -0.15) is 0 Å². The molecule has 2 N–H and O–H groups in total. The number of nitrogens with zero attached hydrogens (tertiary/aromatic N) is 1. The van der Waals surface area contributed by atoms with Gasteiger partial charge < -0.3 is 5.43 Å². The van der Waals surface area contributed by atoms with Gasteiger partial charge in [-0.05, 0) is 12.8 Å². The summed E-state index contributed by atoms with van der Waals surface area (Å²) < 4.78 is 0. The van der Waals surface area contributed by atoms with E-state index in [2.05, 4.69) is 29.7 Å². The predicted molar refractivity (Wildman–Crippen MR) is 38.0 cm³/mol. The van der Waals surface area contributed by atoms with E-state index in [0.717, 1.165) is 5.84 Å². The van der Waals surface area contributed by atoms with Gasteiger partial charge in [0.25, 0.3) is 0 Å². The third-order valence-corrected chi connectivity index (χ3v) is 1.37. The second-order valence-corrected chi connectivity index (χ2v) is 2.67. The number of nitrogens with one attached hydrogen (secondary N) is 2. The van der Waals surface area contributed by atoms with Crippen molar-refractivity contribution in [1.29, 1.82) is 0 Å². The SMILES string of the molecule is CC1=NC(C(C)C)NN1. The largest absolute Gasteiger partial charge is 0.308 e. The van der Waals surface area contributed by atoms with E-state index in [9.17, 15) is 0 Å². The average molecular weight is 127 g/mol. The lowest BCUT2D eigenvalue weighted by molar-refractivity contribution is 0.424. The molecule has 0 saturated heterocycles. The molecule has 52 valence electrons. The van der Waals surface area contributed by atoms with Crippen LogP contribution in [0.2, 0.25) is 0 Å². The summed E-state index contributed by atoms with van der Waals surface area (Å²) in [6.45, 7) is 6.23. The molecule has 0 bridgehead atoms. The Hall–Kier alpha value is -0.570. The molecule has 0 spiro atoms. The van der Waals surface area contributed by atoms with E-state index in [0.29, 0.717) is 5.92 Å². The van der Waals surface area contributed by atoms with E-state index in [1.54, 1.807) is 0 Å². The molecule has 3 heteroatoms. The van der Waals surface area contributed by atoms with Gasteiger partial charge in [-0.25, -0.2) is 5.43 Å². The standard InChI is InChI=1S/C6H13N3/c1-4(2)6-7-5(3)8-9-6/h4,6,9H,1-3H3,(H,7,8). The molecular formula is C6H13N3. The zero-order valence-corrected chi connectivity index (χ0v) is 6.10. The van der Waals surface area contributed by atoms with E-state index >= 15 is 0 Å². The van der Waals surface area contributed by atoms with Crippen molar-refractivity contribution in [3.05, 3.63) is 0 Å². The van der Waals surface area contributed by atoms with E-state index in [4.69, 9.17) is 0 Å². The summed E-state index contributed by atoms with van der Waals surface area (Å²) >= 11 is 0. The van der Waals surface area contributed by atoms with Crippen molar-refractivity contribution >= 4 is 5.84 Å². The highest BCUT2D eigenvalue weighted by Crippen LogP contribution is 2.04. The summed E-state index contributed by atoms with van der Waals surface area (Å²) in [5.41, 5.74) is 6.00. The number of aliphatic imine (C=N–C) groups is 1. The highest BCUT2D eigenvalue weighted by atomic mass is 15.5. The molecule has 0 aromatic carbocycles. The molecule has 3 nitrogen and oxygen atoms in total. The monoisotopic (exact) mass is 127 g/mol. The van der Waals surface area contributed by atoms with Crippen LogP contribution in [-0.4, -0.2) is 12.0 Å². The van der Waals surface area contributed by atoms with Crippen LogP contribution < -0.4 is 10.9 Å². The van der Waals surface area contributed by atoms with Gasteiger partial charge in [0.2, 0.25) is 0 Å². The maximum Gasteiger partial charge on any atom is 0.120 e. The number of hydrogen-bond donors (Lipinski definition) is 2. The van der Waals surface area contributed by atoms with Gasteiger partial charge in [0, 0.05) is 0 Å². The summed E-state index contributed by atoms with van der Waals surface area (Å²) in [6, 6.07) is 0. The number of hydrazine groups is 1. The van der Waals surface area contributed by atoms with Gasteiger partial charge in [0.05, 0.1) is 0 Å². The molecule has 0 aliphatic carbocycles. The first-order valence-corrected chi connectivity index (χ1v) is 3.26. The second kappa shape index (κ2) is 2.35. The van der Waals surface area contributed by atoms with Crippen LogP contribution in [0.1, 0.15) is 20.8 Å². The maximum atomic E-state index is 4.28. The fourth-order valence-corrected chi connectivity index (χ4v) is 0.767. The Labute approximate surface area is 55.5 Å².